The first-order valence-corrected chi connectivity index (χ1v) is 17.1. The molecule has 0 unspecified atom stereocenters. The first-order chi connectivity index (χ1) is 22.9. The first kappa shape index (κ1) is 32.2. The highest BCUT2D eigenvalue weighted by Gasteiger charge is 2.19. The number of hydrogen-bond acceptors (Lipinski definition) is 10. The van der Waals surface area contributed by atoms with E-state index in [1.54, 1.807) is 72.8 Å². The highest BCUT2D eigenvalue weighted by Crippen LogP contribution is 2.38. The van der Waals surface area contributed by atoms with Gasteiger partial charge in [-0.3, -0.25) is 9.11 Å². The Morgan fingerprint density at radius 1 is 0.479 bits per heavy atom. The van der Waals surface area contributed by atoms with Gasteiger partial charge in [-0.25, -0.2) is 0 Å². The van der Waals surface area contributed by atoms with E-state index >= 15 is 0 Å². The third kappa shape index (κ3) is 6.82. The van der Waals surface area contributed by atoms with Crippen molar-refractivity contribution in [2.45, 2.75) is 9.79 Å². The van der Waals surface area contributed by atoms with E-state index in [2.05, 4.69) is 20.5 Å². The molecule has 6 rings (SSSR count). The van der Waals surface area contributed by atoms with Crippen molar-refractivity contribution in [3.63, 3.8) is 0 Å². The van der Waals surface area contributed by atoms with Gasteiger partial charge in [0.1, 0.15) is 21.2 Å². The molecule has 12 nitrogen and oxygen atoms in total. The van der Waals surface area contributed by atoms with Crippen LogP contribution >= 0.6 is 0 Å². The summed E-state index contributed by atoms with van der Waals surface area (Å²) in [7, 11) is -9.05. The van der Waals surface area contributed by atoms with E-state index in [1.807, 2.05) is 36.4 Å². The molecule has 0 amide bonds. The zero-order valence-corrected chi connectivity index (χ0v) is 26.5. The summed E-state index contributed by atoms with van der Waals surface area (Å²) < 4.78 is 67.3. The highest BCUT2D eigenvalue weighted by atomic mass is 32.2. The zero-order chi connectivity index (χ0) is 34.1. The van der Waals surface area contributed by atoms with E-state index in [0.29, 0.717) is 22.1 Å². The lowest BCUT2D eigenvalue weighted by Crippen LogP contribution is -2.01. The van der Waals surface area contributed by atoms with Gasteiger partial charge in [-0.2, -0.15) is 27.1 Å². The van der Waals surface area contributed by atoms with Crippen LogP contribution in [-0.4, -0.2) is 25.9 Å². The number of benzene rings is 6. The van der Waals surface area contributed by atoms with E-state index < -0.39 is 20.2 Å². The minimum atomic E-state index is -4.52. The van der Waals surface area contributed by atoms with Crippen molar-refractivity contribution in [3.8, 4) is 0 Å². The molecular formula is C34H26N6O6S2. The zero-order valence-electron chi connectivity index (χ0n) is 24.8. The molecule has 14 heteroatoms. The maximum Gasteiger partial charge on any atom is 0.295 e. The van der Waals surface area contributed by atoms with Crippen molar-refractivity contribution in [2.24, 2.45) is 20.5 Å². The van der Waals surface area contributed by atoms with Crippen LogP contribution in [0.1, 0.15) is 11.1 Å². The van der Waals surface area contributed by atoms with Crippen LogP contribution in [-0.2, 0) is 20.2 Å². The first-order valence-electron chi connectivity index (χ1n) is 14.2. The summed E-state index contributed by atoms with van der Waals surface area (Å²) in [5, 5.41) is 18.1. The van der Waals surface area contributed by atoms with Crippen LogP contribution in [0.15, 0.2) is 139 Å². The van der Waals surface area contributed by atoms with Gasteiger partial charge in [0.25, 0.3) is 20.2 Å². The monoisotopic (exact) mass is 678 g/mol. The Bertz CT molecular complexity index is 2340. The molecule has 0 aromatic heterocycles. The Kier molecular flexibility index (Phi) is 8.56. The Morgan fingerprint density at radius 2 is 0.812 bits per heavy atom. The van der Waals surface area contributed by atoms with Gasteiger partial charge in [0.2, 0.25) is 0 Å². The maximum absolute atomic E-state index is 12.0. The summed E-state index contributed by atoms with van der Waals surface area (Å²) in [4.78, 5) is -0.608. The Morgan fingerprint density at radius 3 is 1.15 bits per heavy atom. The molecule has 0 bridgehead atoms. The molecule has 0 spiro atoms. The second-order valence-corrected chi connectivity index (χ2v) is 13.4. The predicted molar refractivity (Wildman–Crippen MR) is 187 cm³/mol. The van der Waals surface area contributed by atoms with Crippen molar-refractivity contribution < 1.29 is 25.9 Å². The van der Waals surface area contributed by atoms with Crippen molar-refractivity contribution in [2.75, 3.05) is 11.5 Å². The lowest BCUT2D eigenvalue weighted by molar-refractivity contribution is 0.482. The van der Waals surface area contributed by atoms with Gasteiger partial charge in [-0.15, -0.1) is 10.2 Å². The van der Waals surface area contributed by atoms with Gasteiger partial charge in [-0.1, -0.05) is 84.9 Å². The summed E-state index contributed by atoms with van der Waals surface area (Å²) >= 11 is 0. The molecule has 48 heavy (non-hydrogen) atoms. The van der Waals surface area contributed by atoms with Gasteiger partial charge >= 0.3 is 0 Å². The topological polar surface area (TPSA) is 210 Å². The fourth-order valence-electron chi connectivity index (χ4n) is 5.01. The minimum Gasteiger partial charge on any atom is -0.396 e. The summed E-state index contributed by atoms with van der Waals surface area (Å²) in [6.07, 6.45) is 3.79. The molecule has 0 radical (unpaired) electrons. The molecule has 6 aromatic rings. The van der Waals surface area contributed by atoms with Crippen LogP contribution < -0.4 is 11.5 Å². The number of fused-ring (bicyclic) bond motifs is 2. The number of hydrogen-bond donors (Lipinski definition) is 4. The van der Waals surface area contributed by atoms with E-state index in [-0.39, 0.29) is 43.3 Å². The van der Waals surface area contributed by atoms with Crippen molar-refractivity contribution >= 4 is 88.1 Å². The largest absolute Gasteiger partial charge is 0.396 e. The van der Waals surface area contributed by atoms with Gasteiger partial charge < -0.3 is 11.5 Å². The Hall–Kier alpha value is -5.80. The Balaban J connectivity index is 1.16. The predicted octanol–water partition coefficient (Wildman–Crippen LogP) is 8.65. The molecule has 0 aliphatic carbocycles. The summed E-state index contributed by atoms with van der Waals surface area (Å²) in [6.45, 7) is 0. The van der Waals surface area contributed by atoms with E-state index in [4.69, 9.17) is 11.5 Å². The smallest absolute Gasteiger partial charge is 0.295 e. The van der Waals surface area contributed by atoms with Crippen molar-refractivity contribution in [1.82, 2.24) is 0 Å². The molecule has 0 saturated heterocycles. The molecule has 240 valence electrons. The molecular weight excluding hydrogens is 653 g/mol. The van der Waals surface area contributed by atoms with E-state index in [1.165, 1.54) is 12.1 Å². The van der Waals surface area contributed by atoms with Crippen LogP contribution in [0.25, 0.3) is 33.7 Å². The number of nitrogens with two attached hydrogens (primary N) is 2. The lowest BCUT2D eigenvalue weighted by Gasteiger charge is -2.09. The number of nitrogen functional groups attached to an aromatic ring is 2. The van der Waals surface area contributed by atoms with Crippen LogP contribution in [0.5, 0.6) is 0 Å². The van der Waals surface area contributed by atoms with E-state index in [9.17, 15) is 25.9 Å². The van der Waals surface area contributed by atoms with Crippen LogP contribution in [0, 0.1) is 0 Å². The average Bonchev–Trinajstić information content (AvgIpc) is 3.07. The molecule has 0 heterocycles. The molecule has 0 atom stereocenters. The SMILES string of the molecule is Nc1c(N=Nc2ccc(/C=C/c3ccc(N=Nc4cc(S(=O)(=O)O)c5ccccc5c4N)cc3)cc2)cc(S(=O)(=O)O)c2ccccc12. The summed E-state index contributed by atoms with van der Waals surface area (Å²) in [5.41, 5.74) is 15.9. The average molecular weight is 679 g/mol. The van der Waals surface area contributed by atoms with Gasteiger partial charge in [-0.05, 0) is 47.5 Å². The van der Waals surface area contributed by atoms with Crippen molar-refractivity contribution in [3.05, 3.63) is 120 Å². The summed E-state index contributed by atoms with van der Waals surface area (Å²) in [5.74, 6) is 0. The maximum atomic E-state index is 12.0. The molecule has 0 aliphatic heterocycles. The number of azo groups is 2. The van der Waals surface area contributed by atoms with Crippen LogP contribution in [0.2, 0.25) is 0 Å². The molecule has 0 fully saturated rings. The van der Waals surface area contributed by atoms with Crippen LogP contribution in [0.3, 0.4) is 0 Å². The molecule has 0 aliphatic rings. The normalized spacial score (nSPS) is 12.6. The lowest BCUT2D eigenvalue weighted by atomic mass is 10.1. The fourth-order valence-corrected chi connectivity index (χ4v) is 6.45. The quantitative estimate of drug-likeness (QED) is 0.0528. The van der Waals surface area contributed by atoms with Gasteiger partial charge in [0, 0.05) is 21.5 Å². The fraction of sp³-hybridized carbons (Fsp3) is 0. The third-order valence-corrected chi connectivity index (χ3v) is 9.20. The molecule has 6 N–H and O–H groups in total. The van der Waals surface area contributed by atoms with Gasteiger partial charge in [0.15, 0.2) is 0 Å². The van der Waals surface area contributed by atoms with E-state index in [0.717, 1.165) is 11.1 Å². The Labute approximate surface area is 275 Å². The standard InChI is InChI=1S/C34H26N6O6S2/c35-33-27-7-3-1-5-25(27)31(47(41,42)43)19-29(33)39-37-23-15-11-21(12-16-23)9-10-22-13-17-24(18-14-22)38-40-30-20-32(48(44,45)46)26-6-2-4-8-28(26)34(30)36/h1-20H,35-36H2,(H,41,42,43)(H,44,45,46)/b10-9+,39-37?,40-38?. The second-order valence-electron chi connectivity index (χ2n) is 10.6. The minimum absolute atomic E-state index is 0.108. The highest BCUT2D eigenvalue weighted by molar-refractivity contribution is 7.86. The molecule has 0 saturated carbocycles. The summed E-state index contributed by atoms with van der Waals surface area (Å²) in [6, 6.07) is 29.7. The third-order valence-electron chi connectivity index (χ3n) is 7.41. The van der Waals surface area contributed by atoms with Crippen LogP contribution in [0.4, 0.5) is 34.1 Å². The van der Waals surface area contributed by atoms with Crippen molar-refractivity contribution in [1.29, 1.82) is 0 Å². The number of nitrogens with zero attached hydrogens (tertiary/aromatic N) is 4. The number of anilines is 2. The second kappa shape index (κ2) is 12.8. The van der Waals surface area contributed by atoms with Gasteiger partial charge in [0.05, 0.1) is 22.7 Å². The number of rotatable bonds is 8. The molecule has 6 aromatic carbocycles.